The minimum atomic E-state index is -0.741. The van der Waals surface area contributed by atoms with Crippen molar-refractivity contribution in [2.45, 2.75) is 173 Å². The molecular formula is C65H100N12O10. The molecule has 4 heterocycles. The number of ketones is 1. The molecule has 0 radical (unpaired) electrons. The second-order valence-corrected chi connectivity index (χ2v) is 24.4. The van der Waals surface area contributed by atoms with Gasteiger partial charge in [0.05, 0.1) is 30.0 Å². The summed E-state index contributed by atoms with van der Waals surface area (Å²) in [4.78, 5) is 103. The van der Waals surface area contributed by atoms with Gasteiger partial charge in [-0.3, -0.25) is 14.4 Å². The topological polar surface area (TPSA) is 254 Å². The number of aromatic nitrogens is 4. The first-order chi connectivity index (χ1) is 41.1. The lowest BCUT2D eigenvalue weighted by atomic mass is 9.86. The fourth-order valence-electron chi connectivity index (χ4n) is 9.32. The maximum absolute atomic E-state index is 13.8. The molecule has 0 unspecified atom stereocenters. The number of carboxylic acid groups (broad SMARTS) is 1. The first-order valence-corrected chi connectivity index (χ1v) is 31.1. The van der Waals surface area contributed by atoms with E-state index in [9.17, 15) is 28.8 Å². The van der Waals surface area contributed by atoms with Gasteiger partial charge in [0, 0.05) is 84.2 Å². The number of amides is 3. The van der Waals surface area contributed by atoms with Crippen LogP contribution in [0.1, 0.15) is 154 Å². The molecule has 480 valence electrons. The molecule has 2 aromatic heterocycles. The lowest BCUT2D eigenvalue weighted by Gasteiger charge is -2.29. The van der Waals surface area contributed by atoms with Gasteiger partial charge in [-0.05, 0) is 135 Å². The van der Waals surface area contributed by atoms with Crippen molar-refractivity contribution in [3.8, 4) is 11.5 Å². The van der Waals surface area contributed by atoms with Crippen molar-refractivity contribution in [1.82, 2.24) is 29.7 Å². The number of anilines is 6. The molecule has 87 heavy (non-hydrogen) atoms. The molecule has 3 amide bonds. The summed E-state index contributed by atoms with van der Waals surface area (Å²) < 4.78 is 16.8. The number of Topliss-reactive ketones (excluding diaryl/α,β-unsaturated/α-hetero) is 1. The third kappa shape index (κ3) is 23.4. The van der Waals surface area contributed by atoms with Crippen molar-refractivity contribution >= 4 is 70.7 Å². The number of esters is 1. The zero-order valence-corrected chi connectivity index (χ0v) is 54.8. The smallest absolute Gasteiger partial charge is 0.415 e. The summed E-state index contributed by atoms with van der Waals surface area (Å²) in [5.41, 5.74) is 2.20. The van der Waals surface area contributed by atoms with Crippen molar-refractivity contribution < 1.29 is 48.1 Å². The molecule has 4 N–H and O–H groups in total. The number of carbonyl (C=O) groups excluding carboxylic acids is 5. The molecule has 0 bridgehead atoms. The van der Waals surface area contributed by atoms with E-state index in [-0.39, 0.29) is 47.1 Å². The van der Waals surface area contributed by atoms with E-state index in [2.05, 4.69) is 25.9 Å². The summed E-state index contributed by atoms with van der Waals surface area (Å²) in [7, 11) is 0. The van der Waals surface area contributed by atoms with Crippen LogP contribution in [0.3, 0.4) is 0 Å². The highest BCUT2D eigenvalue weighted by molar-refractivity contribution is 5.98. The zero-order valence-electron chi connectivity index (χ0n) is 54.8. The van der Waals surface area contributed by atoms with Crippen LogP contribution in [-0.2, 0) is 36.8 Å². The van der Waals surface area contributed by atoms with Crippen LogP contribution in [0.4, 0.5) is 44.5 Å². The van der Waals surface area contributed by atoms with Gasteiger partial charge in [0.1, 0.15) is 28.8 Å². The van der Waals surface area contributed by atoms with Gasteiger partial charge in [0.15, 0.2) is 17.4 Å². The number of benzene rings is 2. The van der Waals surface area contributed by atoms with Crippen LogP contribution < -0.4 is 40.1 Å². The average Bonchev–Trinajstić information content (AvgIpc) is 1.84. The molecule has 0 aliphatic carbocycles. The minimum absolute atomic E-state index is 0.0404. The number of hydrogen-bond donors (Lipinski definition) is 4. The predicted octanol–water partition coefficient (Wildman–Crippen LogP) is 11.4. The Labute approximate surface area is 516 Å². The number of carboxylic acids is 1. The largest absolute Gasteiger partial charge is 0.481 e. The van der Waals surface area contributed by atoms with Crippen LogP contribution in [0.15, 0.2) is 60.9 Å². The standard InChI is InChI=1S/C33H50N6O4.C28H42N6O4.C4H8O2/c1-9-37(10-2)31-34-22-27(39(11-3)30(41)23(4)5)29(36-31)35-26(28(40)21-33(6,7)8)20-24-14-16-25(17-15-24)43-32(42)38-18-12-13-19-38;1-7-29-23-19-30-26(33(8-2)9-3)32-24(23)31-22(25(35)38-28(4,5)6)18-20-12-14-21(15-13-20)37-27(36)34-16-10-11-17-34;1-3(2)4(5)6/h14-17,22-23,26H,9-13,18-21H2,1-8H3,(H,34,35,36);12-15,19,22,29H,7-11,16-18H2,1-6H3,(H,30,31,32);3H,1-2H3,(H,5,6)/t26-;22-;/m11./s1. The van der Waals surface area contributed by atoms with Crippen molar-refractivity contribution in [1.29, 1.82) is 0 Å². The Morgan fingerprint density at radius 3 is 1.41 bits per heavy atom. The van der Waals surface area contributed by atoms with E-state index in [1.807, 2.05) is 131 Å². The molecule has 4 aromatic rings. The van der Waals surface area contributed by atoms with Crippen LogP contribution in [0, 0.1) is 17.3 Å². The molecule has 2 aromatic carbocycles. The molecule has 2 fully saturated rings. The van der Waals surface area contributed by atoms with Gasteiger partial charge in [0.25, 0.3) is 0 Å². The molecule has 2 aliphatic heterocycles. The van der Waals surface area contributed by atoms with E-state index in [0.29, 0.717) is 78.8 Å². The summed E-state index contributed by atoms with van der Waals surface area (Å²) in [6, 6.07) is 13.2. The SMILES string of the molecule is CC(C)C(=O)O.CCN(CC)c1ncc(N(CC)C(=O)C(C)C)c(N[C@H](Cc2ccc(OC(=O)N3CCCC3)cc2)C(=O)CC(C)(C)C)n1.CCNc1cnc(N(CC)CC)nc1N[C@H](Cc1ccc(OC(=O)N2CCCC2)cc1)C(=O)OC(C)(C)C. The third-order valence-electron chi connectivity index (χ3n) is 14.1. The first-order valence-electron chi connectivity index (χ1n) is 31.1. The number of carbonyl (C=O) groups is 6. The maximum Gasteiger partial charge on any atom is 0.415 e. The summed E-state index contributed by atoms with van der Waals surface area (Å²) >= 11 is 0. The van der Waals surface area contributed by atoms with Gasteiger partial charge in [-0.15, -0.1) is 0 Å². The zero-order chi connectivity index (χ0) is 64.6. The second-order valence-electron chi connectivity index (χ2n) is 24.4. The predicted molar refractivity (Wildman–Crippen MR) is 344 cm³/mol. The van der Waals surface area contributed by atoms with Crippen LogP contribution in [0.2, 0.25) is 0 Å². The van der Waals surface area contributed by atoms with Crippen LogP contribution in [0.25, 0.3) is 0 Å². The Hall–Kier alpha value is -7.78. The molecule has 6 rings (SSSR count). The van der Waals surface area contributed by atoms with E-state index in [1.54, 1.807) is 65.2 Å². The maximum atomic E-state index is 13.8. The molecule has 2 atom stereocenters. The van der Waals surface area contributed by atoms with Gasteiger partial charge >= 0.3 is 24.1 Å². The molecule has 0 spiro atoms. The van der Waals surface area contributed by atoms with Crippen LogP contribution >= 0.6 is 0 Å². The van der Waals surface area contributed by atoms with Crippen molar-refractivity contribution in [3.05, 3.63) is 72.1 Å². The van der Waals surface area contributed by atoms with Gasteiger partial charge < -0.3 is 59.8 Å². The van der Waals surface area contributed by atoms with Gasteiger partial charge in [-0.2, -0.15) is 9.97 Å². The fourth-order valence-corrected chi connectivity index (χ4v) is 9.32. The van der Waals surface area contributed by atoms with E-state index < -0.39 is 23.7 Å². The lowest BCUT2D eigenvalue weighted by Crippen LogP contribution is -2.38. The molecule has 2 aliphatic rings. The highest BCUT2D eigenvalue weighted by Crippen LogP contribution is 2.31. The quantitative estimate of drug-likeness (QED) is 0.0450. The molecule has 2 saturated heterocycles. The van der Waals surface area contributed by atoms with Crippen molar-refractivity contribution in [2.24, 2.45) is 17.3 Å². The van der Waals surface area contributed by atoms with E-state index in [4.69, 9.17) is 29.3 Å². The Morgan fingerprint density at radius 2 is 1.02 bits per heavy atom. The van der Waals surface area contributed by atoms with E-state index in [1.165, 1.54) is 0 Å². The Kier molecular flexibility index (Phi) is 28.5. The monoisotopic (exact) mass is 1210 g/mol. The first kappa shape index (κ1) is 71.7. The van der Waals surface area contributed by atoms with E-state index >= 15 is 0 Å². The minimum Gasteiger partial charge on any atom is -0.481 e. The number of ether oxygens (including phenoxy) is 3. The number of aliphatic carboxylic acids is 1. The van der Waals surface area contributed by atoms with Crippen molar-refractivity contribution in [2.75, 3.05) is 96.1 Å². The number of nitrogens with one attached hydrogen (secondary N) is 3. The number of hydrogen-bond acceptors (Lipinski definition) is 18. The third-order valence-corrected chi connectivity index (χ3v) is 14.1. The van der Waals surface area contributed by atoms with Gasteiger partial charge in [0.2, 0.25) is 17.8 Å². The molecular weight excluding hydrogens is 1110 g/mol. The number of nitrogens with zero attached hydrogens (tertiary/aromatic N) is 9. The van der Waals surface area contributed by atoms with Crippen LogP contribution in [-0.4, -0.2) is 154 Å². The highest BCUT2D eigenvalue weighted by atomic mass is 16.6. The van der Waals surface area contributed by atoms with Crippen LogP contribution in [0.5, 0.6) is 11.5 Å². The number of likely N-dealkylation sites (tertiary alicyclic amines) is 2. The Morgan fingerprint density at radius 1 is 0.598 bits per heavy atom. The molecule has 22 nitrogen and oxygen atoms in total. The summed E-state index contributed by atoms with van der Waals surface area (Å²) in [6.45, 7) is 37.8. The Bertz CT molecular complexity index is 2820. The summed E-state index contributed by atoms with van der Waals surface area (Å²) in [5.74, 6) is 1.50. The van der Waals surface area contributed by atoms with E-state index in [0.717, 1.165) is 89.2 Å². The number of rotatable bonds is 25. The van der Waals surface area contributed by atoms with Gasteiger partial charge in [-0.25, -0.2) is 24.4 Å². The van der Waals surface area contributed by atoms with Crippen molar-refractivity contribution in [3.63, 3.8) is 0 Å². The second kappa shape index (κ2) is 34.5. The Balaban J connectivity index is 0.000000342. The fraction of sp³-hybridized carbons (Fsp3) is 0.600. The average molecular weight is 1210 g/mol. The summed E-state index contributed by atoms with van der Waals surface area (Å²) in [5, 5.41) is 18.0. The molecule has 22 heteroatoms. The van der Waals surface area contributed by atoms with Gasteiger partial charge in [-0.1, -0.05) is 72.7 Å². The highest BCUT2D eigenvalue weighted by Gasteiger charge is 2.31. The lowest BCUT2D eigenvalue weighted by molar-refractivity contribution is -0.155. The molecule has 0 saturated carbocycles. The summed E-state index contributed by atoms with van der Waals surface area (Å²) in [6.07, 6.45) is 7.88. The normalized spacial score (nSPS) is 13.7.